The second-order valence-electron chi connectivity index (χ2n) is 4.24. The third kappa shape index (κ3) is 2.38. The summed E-state index contributed by atoms with van der Waals surface area (Å²) in [5, 5.41) is 0. The van der Waals surface area contributed by atoms with Crippen LogP contribution < -0.4 is 4.57 Å². The smallest absolute Gasteiger partial charge is 0.201 e. The highest BCUT2D eigenvalue weighted by atomic mass is 14.9. The summed E-state index contributed by atoms with van der Waals surface area (Å²) in [5.41, 5.74) is 3.87. The van der Waals surface area contributed by atoms with E-state index in [9.17, 15) is 0 Å². The van der Waals surface area contributed by atoms with Gasteiger partial charge in [-0.05, 0) is 43.5 Å². The zero-order chi connectivity index (χ0) is 17.4. The minimum Gasteiger partial charge on any atom is -0.201 e. The summed E-state index contributed by atoms with van der Waals surface area (Å²) in [6.07, 6.45) is 1.65. The topological polar surface area (TPSA) is 3.88 Å². The van der Waals surface area contributed by atoms with Gasteiger partial charge in [0.2, 0.25) is 5.69 Å². The maximum Gasteiger partial charge on any atom is 0.212 e. The molecular weight excluding hydrogens is 206 g/mol. The van der Waals surface area contributed by atoms with Crippen LogP contribution in [0.25, 0.3) is 11.3 Å². The number of nitrogens with zero attached hydrogens (tertiary/aromatic N) is 1. The van der Waals surface area contributed by atoms with Gasteiger partial charge in [0.1, 0.15) is 7.05 Å². The summed E-state index contributed by atoms with van der Waals surface area (Å²) in [6, 6.07) is 8.97. The van der Waals surface area contributed by atoms with E-state index < -0.39 is 13.7 Å². The molecule has 0 saturated carbocycles. The Balaban J connectivity index is 2.39. The first-order valence-corrected chi connectivity index (χ1v) is 5.57. The zero-order valence-electron chi connectivity index (χ0n) is 16.1. The molecule has 0 unspecified atom stereocenters. The molecule has 1 aromatic carbocycles. The van der Waals surface area contributed by atoms with E-state index in [4.69, 9.17) is 8.22 Å². The quantitative estimate of drug-likeness (QED) is 0.699. The molecule has 0 saturated heterocycles. The molecule has 2 aromatic rings. The fourth-order valence-corrected chi connectivity index (χ4v) is 2.01. The molecule has 0 spiro atoms. The lowest BCUT2D eigenvalue weighted by molar-refractivity contribution is -0.660. The second-order valence-corrected chi connectivity index (χ2v) is 4.24. The molecule has 1 heterocycles. The Morgan fingerprint density at radius 1 is 1.24 bits per heavy atom. The molecule has 0 aliphatic rings. The van der Waals surface area contributed by atoms with Gasteiger partial charge in [0.05, 0.1) is 0 Å². The third-order valence-corrected chi connectivity index (χ3v) is 2.90. The Morgan fingerprint density at radius 2 is 2.12 bits per heavy atom. The van der Waals surface area contributed by atoms with E-state index in [0.29, 0.717) is 5.56 Å². The highest BCUT2D eigenvalue weighted by molar-refractivity contribution is 5.61. The highest BCUT2D eigenvalue weighted by Crippen LogP contribution is 2.21. The van der Waals surface area contributed by atoms with Crippen molar-refractivity contribution in [2.24, 2.45) is 7.05 Å². The largest absolute Gasteiger partial charge is 0.212 e. The molecular formula is C16H20N+. The summed E-state index contributed by atoms with van der Waals surface area (Å²) >= 11 is 0. The van der Waals surface area contributed by atoms with Gasteiger partial charge in [-0.25, -0.2) is 4.57 Å². The van der Waals surface area contributed by atoms with Crippen molar-refractivity contribution in [3.05, 3.63) is 53.2 Å². The Labute approximate surface area is 112 Å². The number of aryl methyl sites for hydroxylation is 4. The minimum atomic E-state index is -2.13. The van der Waals surface area contributed by atoms with Crippen molar-refractivity contribution in [3.8, 4) is 11.3 Å². The highest BCUT2D eigenvalue weighted by Gasteiger charge is 2.11. The van der Waals surface area contributed by atoms with Crippen molar-refractivity contribution in [1.29, 1.82) is 0 Å². The van der Waals surface area contributed by atoms with Crippen molar-refractivity contribution < 1.29 is 12.8 Å². The average molecular weight is 232 g/mol. The molecule has 0 radical (unpaired) electrons. The molecule has 0 fully saturated rings. The van der Waals surface area contributed by atoms with Crippen molar-refractivity contribution in [2.45, 2.75) is 27.0 Å². The molecule has 88 valence electrons. The average Bonchev–Trinajstić information content (AvgIpc) is 2.36. The predicted molar refractivity (Wildman–Crippen MR) is 71.9 cm³/mol. The monoisotopic (exact) mass is 232 g/mol. The summed E-state index contributed by atoms with van der Waals surface area (Å²) in [7, 11) is 1.81. The van der Waals surface area contributed by atoms with Gasteiger partial charge in [-0.3, -0.25) is 0 Å². The summed E-state index contributed by atoms with van der Waals surface area (Å²) in [5.74, 6) is 0. The fourth-order valence-electron chi connectivity index (χ4n) is 2.01. The van der Waals surface area contributed by atoms with Gasteiger partial charge in [-0.1, -0.05) is 19.0 Å². The lowest BCUT2D eigenvalue weighted by atomic mass is 10.0. The minimum absolute atomic E-state index is 0.0399. The van der Waals surface area contributed by atoms with Crippen molar-refractivity contribution in [2.75, 3.05) is 0 Å². The SMILES string of the molecule is [2H]C([2H])([2H])Cc1ccc(-c2ccc(C([2H])([2H])[2H])c[n+]2C)c(C)c1. The third-order valence-electron chi connectivity index (χ3n) is 2.90. The Morgan fingerprint density at radius 3 is 2.76 bits per heavy atom. The normalized spacial score (nSPS) is 17.3. The van der Waals surface area contributed by atoms with Crippen LogP contribution in [0.4, 0.5) is 0 Å². The number of hydrogen-bond donors (Lipinski definition) is 0. The summed E-state index contributed by atoms with van der Waals surface area (Å²) in [6.45, 7) is -2.19. The van der Waals surface area contributed by atoms with Gasteiger partial charge >= 0.3 is 0 Å². The van der Waals surface area contributed by atoms with Gasteiger partial charge in [0, 0.05) is 25.4 Å². The molecule has 0 atom stereocenters. The lowest BCUT2D eigenvalue weighted by Gasteiger charge is -2.06. The maximum absolute atomic E-state index is 7.47. The second kappa shape index (κ2) is 4.70. The van der Waals surface area contributed by atoms with Crippen LogP contribution >= 0.6 is 0 Å². The molecule has 0 aliphatic heterocycles. The summed E-state index contributed by atoms with van der Waals surface area (Å²) < 4.78 is 46.2. The number of aromatic nitrogens is 1. The Kier molecular flexibility index (Phi) is 1.75. The lowest BCUT2D eigenvalue weighted by Crippen LogP contribution is -2.31. The number of hydrogen-bond acceptors (Lipinski definition) is 0. The van der Waals surface area contributed by atoms with Crippen LogP contribution in [0.1, 0.15) is 31.8 Å². The first-order chi connectivity index (χ1) is 10.5. The summed E-state index contributed by atoms with van der Waals surface area (Å²) in [4.78, 5) is 0. The maximum atomic E-state index is 7.47. The van der Waals surface area contributed by atoms with E-state index >= 15 is 0 Å². The Hall–Kier alpha value is -1.63. The van der Waals surface area contributed by atoms with E-state index in [1.54, 1.807) is 29.9 Å². The standard InChI is InChI=1S/C16H20N/c1-5-14-7-8-15(13(3)10-14)16-9-6-12(2)11-17(16)4/h6-11H,5H2,1-4H3/q+1/i1D3,2D3. The predicted octanol–water partition coefficient (Wildman–Crippen LogP) is 3.36. The van der Waals surface area contributed by atoms with Crippen LogP contribution in [0.5, 0.6) is 0 Å². The van der Waals surface area contributed by atoms with Crippen LogP contribution in [0.3, 0.4) is 0 Å². The molecule has 2 rings (SSSR count). The van der Waals surface area contributed by atoms with Gasteiger partial charge in [0.25, 0.3) is 0 Å². The first-order valence-electron chi connectivity index (χ1n) is 8.57. The number of pyridine rings is 1. The van der Waals surface area contributed by atoms with E-state index in [1.165, 1.54) is 0 Å². The Bertz CT molecular complexity index is 715. The van der Waals surface area contributed by atoms with Crippen LogP contribution in [-0.4, -0.2) is 0 Å². The van der Waals surface area contributed by atoms with Crippen LogP contribution in [-0.2, 0) is 13.5 Å². The van der Waals surface area contributed by atoms with Gasteiger partial charge in [-0.2, -0.15) is 0 Å². The fraction of sp³-hybridized carbons (Fsp3) is 0.312. The van der Waals surface area contributed by atoms with E-state index in [-0.39, 0.29) is 6.42 Å². The molecule has 0 N–H and O–H groups in total. The first kappa shape index (κ1) is 6.34. The van der Waals surface area contributed by atoms with Crippen molar-refractivity contribution >= 4 is 0 Å². The van der Waals surface area contributed by atoms with Gasteiger partial charge in [-0.15, -0.1) is 0 Å². The zero-order valence-corrected chi connectivity index (χ0v) is 10.1. The van der Waals surface area contributed by atoms with Gasteiger partial charge < -0.3 is 0 Å². The van der Waals surface area contributed by atoms with Crippen molar-refractivity contribution in [3.63, 3.8) is 0 Å². The molecule has 17 heavy (non-hydrogen) atoms. The van der Waals surface area contributed by atoms with E-state index in [2.05, 4.69) is 0 Å². The molecule has 1 aromatic heterocycles. The molecule has 1 nitrogen and oxygen atoms in total. The van der Waals surface area contributed by atoms with Crippen LogP contribution in [0.2, 0.25) is 0 Å². The number of rotatable bonds is 2. The number of benzene rings is 1. The van der Waals surface area contributed by atoms with Gasteiger partial charge in [0.15, 0.2) is 6.20 Å². The molecule has 0 bridgehead atoms. The van der Waals surface area contributed by atoms with Crippen LogP contribution in [0, 0.1) is 13.8 Å². The van der Waals surface area contributed by atoms with E-state index in [0.717, 1.165) is 22.4 Å². The molecule has 0 aliphatic carbocycles. The molecule has 0 amide bonds. The van der Waals surface area contributed by atoms with E-state index in [1.807, 2.05) is 25.1 Å². The molecule has 1 heteroatoms. The van der Waals surface area contributed by atoms with Crippen molar-refractivity contribution in [1.82, 2.24) is 0 Å². The van der Waals surface area contributed by atoms with Crippen LogP contribution in [0.15, 0.2) is 36.5 Å².